The highest BCUT2D eigenvalue weighted by atomic mass is 16.1. The van der Waals surface area contributed by atoms with Crippen LogP contribution in [0.25, 0.3) is 5.52 Å². The number of nitrogens with zero attached hydrogens (tertiary/aromatic N) is 2. The zero-order valence-electron chi connectivity index (χ0n) is 8.18. The summed E-state index contributed by atoms with van der Waals surface area (Å²) in [6.45, 7) is 0. The zero-order valence-corrected chi connectivity index (χ0v) is 8.18. The highest BCUT2D eigenvalue weighted by Crippen LogP contribution is 2.39. The smallest absolute Gasteiger partial charge is 0.248 e. The van der Waals surface area contributed by atoms with E-state index in [1.54, 1.807) is 22.8 Å². The van der Waals surface area contributed by atoms with E-state index in [0.29, 0.717) is 11.5 Å². The third kappa shape index (κ3) is 1.38. The molecule has 2 aromatic rings. The molecule has 76 valence electrons. The number of nitrogens with two attached hydrogens (primary N) is 1. The molecule has 4 heteroatoms. The molecule has 0 saturated heterocycles. The summed E-state index contributed by atoms with van der Waals surface area (Å²) in [7, 11) is 0. The predicted octanol–water partition coefficient (Wildman–Crippen LogP) is 1.31. The molecule has 0 radical (unpaired) electrons. The summed E-state index contributed by atoms with van der Waals surface area (Å²) < 4.78 is 1.79. The molecule has 2 heterocycles. The Morgan fingerprint density at radius 2 is 2.27 bits per heavy atom. The van der Waals surface area contributed by atoms with Gasteiger partial charge in [-0.05, 0) is 31.0 Å². The fourth-order valence-electron chi connectivity index (χ4n) is 1.75. The van der Waals surface area contributed by atoms with Crippen LogP contribution in [0.3, 0.4) is 0 Å². The van der Waals surface area contributed by atoms with Crippen LogP contribution in [0.15, 0.2) is 24.4 Å². The minimum absolute atomic E-state index is 0.397. The predicted molar refractivity (Wildman–Crippen MR) is 55.7 cm³/mol. The summed E-state index contributed by atoms with van der Waals surface area (Å²) in [4.78, 5) is 11.0. The summed E-state index contributed by atoms with van der Waals surface area (Å²) in [5.74, 6) is 0.230. The van der Waals surface area contributed by atoms with Crippen molar-refractivity contribution in [2.75, 3.05) is 0 Å². The Bertz CT molecular complexity index is 540. The van der Waals surface area contributed by atoms with Crippen LogP contribution in [0.1, 0.15) is 34.8 Å². The first-order valence-corrected chi connectivity index (χ1v) is 5.03. The summed E-state index contributed by atoms with van der Waals surface area (Å²) in [5, 5.41) is 4.44. The molecule has 0 aromatic carbocycles. The number of carbonyl (C=O) groups excluding carboxylic acids is 1. The van der Waals surface area contributed by atoms with Gasteiger partial charge in [-0.1, -0.05) is 0 Å². The summed E-state index contributed by atoms with van der Waals surface area (Å²) in [6.07, 6.45) is 4.24. The molecule has 1 amide bonds. The average Bonchev–Trinajstić information content (AvgIpc) is 2.97. The van der Waals surface area contributed by atoms with E-state index in [1.807, 2.05) is 6.07 Å². The van der Waals surface area contributed by atoms with Crippen LogP contribution in [0.2, 0.25) is 0 Å². The average molecular weight is 201 g/mol. The third-order valence-corrected chi connectivity index (χ3v) is 2.76. The number of carbonyl (C=O) groups is 1. The summed E-state index contributed by atoms with van der Waals surface area (Å²) in [5.41, 5.74) is 7.81. The molecule has 2 aromatic heterocycles. The maximum Gasteiger partial charge on any atom is 0.248 e. The Hall–Kier alpha value is -1.84. The van der Waals surface area contributed by atoms with Gasteiger partial charge >= 0.3 is 0 Å². The standard InChI is InChI=1S/C11H11N3O/c12-11(15)8-3-4-14-9(5-8)6-10(13-14)7-1-2-7/h3-7H,1-2H2,(H2,12,15). The van der Waals surface area contributed by atoms with Gasteiger partial charge in [0.15, 0.2) is 0 Å². The minimum Gasteiger partial charge on any atom is -0.366 e. The fraction of sp³-hybridized carbons (Fsp3) is 0.273. The van der Waals surface area contributed by atoms with E-state index in [1.165, 1.54) is 12.8 Å². The van der Waals surface area contributed by atoms with Gasteiger partial charge in [-0.2, -0.15) is 5.10 Å². The molecular weight excluding hydrogens is 190 g/mol. The molecule has 1 aliphatic rings. The lowest BCUT2D eigenvalue weighted by molar-refractivity contribution is 0.100. The van der Waals surface area contributed by atoms with Crippen LogP contribution in [-0.4, -0.2) is 15.5 Å². The number of hydrogen-bond donors (Lipinski definition) is 1. The van der Waals surface area contributed by atoms with Crippen molar-refractivity contribution in [2.45, 2.75) is 18.8 Å². The molecule has 2 N–H and O–H groups in total. The Kier molecular flexibility index (Phi) is 1.59. The van der Waals surface area contributed by atoms with Crippen molar-refractivity contribution in [2.24, 2.45) is 5.73 Å². The second kappa shape index (κ2) is 2.82. The van der Waals surface area contributed by atoms with Gasteiger partial charge in [0.2, 0.25) is 5.91 Å². The molecule has 0 unspecified atom stereocenters. The highest BCUT2D eigenvalue weighted by Gasteiger charge is 2.26. The van der Waals surface area contributed by atoms with Crippen LogP contribution in [0, 0.1) is 0 Å². The van der Waals surface area contributed by atoms with Crippen molar-refractivity contribution < 1.29 is 4.79 Å². The monoisotopic (exact) mass is 201 g/mol. The molecule has 0 spiro atoms. The van der Waals surface area contributed by atoms with Crippen LogP contribution in [0.5, 0.6) is 0 Å². The second-order valence-corrected chi connectivity index (χ2v) is 3.99. The van der Waals surface area contributed by atoms with Crippen molar-refractivity contribution in [3.63, 3.8) is 0 Å². The number of aromatic nitrogens is 2. The zero-order chi connectivity index (χ0) is 10.4. The lowest BCUT2D eigenvalue weighted by Gasteiger charge is -1.95. The lowest BCUT2D eigenvalue weighted by atomic mass is 10.2. The molecule has 15 heavy (non-hydrogen) atoms. The topological polar surface area (TPSA) is 60.4 Å². The van der Waals surface area contributed by atoms with E-state index >= 15 is 0 Å². The van der Waals surface area contributed by atoms with Crippen LogP contribution >= 0.6 is 0 Å². The summed E-state index contributed by atoms with van der Waals surface area (Å²) >= 11 is 0. The van der Waals surface area contributed by atoms with Gasteiger partial charge in [0.1, 0.15) is 0 Å². The van der Waals surface area contributed by atoms with Gasteiger partial charge in [-0.15, -0.1) is 0 Å². The quantitative estimate of drug-likeness (QED) is 0.796. The first-order valence-electron chi connectivity index (χ1n) is 5.03. The third-order valence-electron chi connectivity index (χ3n) is 2.76. The van der Waals surface area contributed by atoms with Crippen molar-refractivity contribution in [1.82, 2.24) is 9.61 Å². The Morgan fingerprint density at radius 3 is 2.93 bits per heavy atom. The normalized spacial score (nSPS) is 15.7. The first-order chi connectivity index (χ1) is 7.24. The van der Waals surface area contributed by atoms with Crippen LogP contribution in [0.4, 0.5) is 0 Å². The van der Waals surface area contributed by atoms with Gasteiger partial charge in [-0.3, -0.25) is 4.79 Å². The summed E-state index contributed by atoms with van der Waals surface area (Å²) in [6, 6.07) is 5.50. The SMILES string of the molecule is NC(=O)c1ccn2nc(C3CC3)cc2c1. The molecule has 1 aliphatic carbocycles. The van der Waals surface area contributed by atoms with Crippen LogP contribution in [-0.2, 0) is 0 Å². The molecule has 1 saturated carbocycles. The Labute approximate surface area is 86.7 Å². The van der Waals surface area contributed by atoms with E-state index < -0.39 is 5.91 Å². The maximum atomic E-state index is 11.0. The number of primary amides is 1. The second-order valence-electron chi connectivity index (χ2n) is 3.99. The molecule has 3 rings (SSSR count). The number of hydrogen-bond acceptors (Lipinski definition) is 2. The van der Waals surface area contributed by atoms with Gasteiger partial charge in [0.25, 0.3) is 0 Å². The van der Waals surface area contributed by atoms with E-state index in [2.05, 4.69) is 5.10 Å². The van der Waals surface area contributed by atoms with Gasteiger partial charge in [0.05, 0.1) is 11.2 Å². The largest absolute Gasteiger partial charge is 0.366 e. The fourth-order valence-corrected chi connectivity index (χ4v) is 1.75. The van der Waals surface area contributed by atoms with E-state index in [4.69, 9.17) is 5.73 Å². The number of rotatable bonds is 2. The maximum absolute atomic E-state index is 11.0. The molecule has 0 aliphatic heterocycles. The first kappa shape index (κ1) is 8.47. The molecule has 0 atom stereocenters. The molecule has 1 fully saturated rings. The van der Waals surface area contributed by atoms with E-state index in [-0.39, 0.29) is 0 Å². The van der Waals surface area contributed by atoms with Gasteiger partial charge in [0, 0.05) is 17.7 Å². The van der Waals surface area contributed by atoms with Gasteiger partial charge < -0.3 is 5.73 Å². The van der Waals surface area contributed by atoms with E-state index in [9.17, 15) is 4.79 Å². The molecule has 4 nitrogen and oxygen atoms in total. The van der Waals surface area contributed by atoms with Gasteiger partial charge in [-0.25, -0.2) is 4.52 Å². The lowest BCUT2D eigenvalue weighted by Crippen LogP contribution is -2.10. The molecular formula is C11H11N3O. The number of fused-ring (bicyclic) bond motifs is 1. The van der Waals surface area contributed by atoms with Crippen molar-refractivity contribution >= 4 is 11.4 Å². The van der Waals surface area contributed by atoms with Crippen molar-refractivity contribution in [1.29, 1.82) is 0 Å². The number of amides is 1. The number of pyridine rings is 1. The van der Waals surface area contributed by atoms with Crippen molar-refractivity contribution in [3.05, 3.63) is 35.7 Å². The van der Waals surface area contributed by atoms with Crippen molar-refractivity contribution in [3.8, 4) is 0 Å². The van der Waals surface area contributed by atoms with Crippen LogP contribution < -0.4 is 5.73 Å². The Morgan fingerprint density at radius 1 is 1.47 bits per heavy atom. The highest BCUT2D eigenvalue weighted by molar-refractivity contribution is 5.93. The van der Waals surface area contributed by atoms with E-state index in [0.717, 1.165) is 11.2 Å². The molecule has 0 bridgehead atoms. The minimum atomic E-state index is -0.397. The Balaban J connectivity index is 2.13.